The quantitative estimate of drug-likeness (QED) is 0.890. The molecular weight excluding hydrogens is 244 g/mol. The van der Waals surface area contributed by atoms with Crippen LogP contribution in [-0.2, 0) is 0 Å². The van der Waals surface area contributed by atoms with E-state index in [2.05, 4.69) is 36.4 Å². The van der Waals surface area contributed by atoms with Gasteiger partial charge >= 0.3 is 0 Å². The van der Waals surface area contributed by atoms with Gasteiger partial charge in [-0.3, -0.25) is 0 Å². The third kappa shape index (κ3) is 3.57. The first-order chi connectivity index (χ1) is 8.31. The standard InChI is InChI=1S/C15H18N2.ClH/c16-11-10-15(17)14-8-6-13(7-9-14)12-4-2-1-3-5-12;/h1-9,15H,10-11,16-17H2;1H/t15-;/m0./s1. The summed E-state index contributed by atoms with van der Waals surface area (Å²) in [6.07, 6.45) is 0.824. The minimum atomic E-state index is 0. The predicted molar refractivity (Wildman–Crippen MR) is 79.7 cm³/mol. The summed E-state index contributed by atoms with van der Waals surface area (Å²) < 4.78 is 0. The molecule has 2 rings (SSSR count). The lowest BCUT2D eigenvalue weighted by molar-refractivity contribution is 0.661. The molecule has 0 aliphatic rings. The van der Waals surface area contributed by atoms with Crippen LogP contribution in [0.3, 0.4) is 0 Å². The molecule has 1 atom stereocenters. The van der Waals surface area contributed by atoms with Gasteiger partial charge in [-0.15, -0.1) is 12.4 Å². The van der Waals surface area contributed by atoms with E-state index in [1.165, 1.54) is 11.1 Å². The first-order valence-corrected chi connectivity index (χ1v) is 5.92. The lowest BCUT2D eigenvalue weighted by Crippen LogP contribution is -2.15. The molecule has 0 bridgehead atoms. The van der Waals surface area contributed by atoms with Gasteiger partial charge in [-0.05, 0) is 29.7 Å². The summed E-state index contributed by atoms with van der Waals surface area (Å²) in [5.41, 5.74) is 15.1. The topological polar surface area (TPSA) is 52.0 Å². The molecule has 0 aromatic heterocycles. The van der Waals surface area contributed by atoms with Crippen LogP contribution in [0.2, 0.25) is 0 Å². The molecule has 0 saturated carbocycles. The Bertz CT molecular complexity index is 454. The van der Waals surface area contributed by atoms with E-state index in [1.54, 1.807) is 0 Å². The summed E-state index contributed by atoms with van der Waals surface area (Å²) in [5.74, 6) is 0. The highest BCUT2D eigenvalue weighted by Gasteiger charge is 2.04. The molecule has 0 heterocycles. The number of benzene rings is 2. The summed E-state index contributed by atoms with van der Waals surface area (Å²) in [6.45, 7) is 0.627. The van der Waals surface area contributed by atoms with Crippen molar-refractivity contribution in [3.8, 4) is 11.1 Å². The molecule has 4 N–H and O–H groups in total. The molecule has 0 radical (unpaired) electrons. The third-order valence-electron chi connectivity index (χ3n) is 2.92. The normalized spacial score (nSPS) is 11.7. The maximum absolute atomic E-state index is 6.01. The second-order valence-corrected chi connectivity index (χ2v) is 4.17. The van der Waals surface area contributed by atoms with Gasteiger partial charge in [0, 0.05) is 6.04 Å². The Morgan fingerprint density at radius 2 is 1.39 bits per heavy atom. The summed E-state index contributed by atoms with van der Waals surface area (Å²) in [7, 11) is 0. The Labute approximate surface area is 114 Å². The fourth-order valence-electron chi connectivity index (χ4n) is 1.90. The van der Waals surface area contributed by atoms with Crippen molar-refractivity contribution in [2.75, 3.05) is 6.54 Å². The van der Waals surface area contributed by atoms with E-state index in [-0.39, 0.29) is 18.4 Å². The number of hydrogen-bond acceptors (Lipinski definition) is 2. The molecule has 0 spiro atoms. The molecule has 0 amide bonds. The van der Waals surface area contributed by atoms with Crippen molar-refractivity contribution >= 4 is 12.4 Å². The molecule has 96 valence electrons. The first-order valence-electron chi connectivity index (χ1n) is 5.92. The maximum atomic E-state index is 6.01. The van der Waals surface area contributed by atoms with Gasteiger partial charge in [-0.2, -0.15) is 0 Å². The number of rotatable bonds is 4. The van der Waals surface area contributed by atoms with Crippen molar-refractivity contribution in [2.45, 2.75) is 12.5 Å². The van der Waals surface area contributed by atoms with E-state index >= 15 is 0 Å². The van der Waals surface area contributed by atoms with Gasteiger partial charge in [0.1, 0.15) is 0 Å². The van der Waals surface area contributed by atoms with Crippen LogP contribution < -0.4 is 11.5 Å². The summed E-state index contributed by atoms with van der Waals surface area (Å²) >= 11 is 0. The number of halogens is 1. The largest absolute Gasteiger partial charge is 0.330 e. The Morgan fingerprint density at radius 3 is 1.94 bits per heavy atom. The molecule has 0 unspecified atom stereocenters. The molecular formula is C15H19ClN2. The van der Waals surface area contributed by atoms with Crippen LogP contribution in [0, 0.1) is 0 Å². The molecule has 18 heavy (non-hydrogen) atoms. The van der Waals surface area contributed by atoms with Crippen LogP contribution in [-0.4, -0.2) is 6.54 Å². The fraction of sp³-hybridized carbons (Fsp3) is 0.200. The smallest absolute Gasteiger partial charge is 0.0306 e. The van der Waals surface area contributed by atoms with Crippen LogP contribution >= 0.6 is 12.4 Å². The van der Waals surface area contributed by atoms with E-state index in [4.69, 9.17) is 11.5 Å². The lowest BCUT2D eigenvalue weighted by Gasteiger charge is -2.11. The molecule has 2 aromatic carbocycles. The molecule has 2 aromatic rings. The Hall–Kier alpha value is -1.35. The minimum Gasteiger partial charge on any atom is -0.330 e. The molecule has 0 fully saturated rings. The lowest BCUT2D eigenvalue weighted by atomic mass is 10.00. The Kier molecular flexibility index (Phi) is 5.86. The second kappa shape index (κ2) is 7.17. The zero-order valence-corrected chi connectivity index (χ0v) is 11.1. The monoisotopic (exact) mass is 262 g/mol. The highest BCUT2D eigenvalue weighted by atomic mass is 35.5. The van der Waals surface area contributed by atoms with Crippen molar-refractivity contribution in [1.82, 2.24) is 0 Å². The van der Waals surface area contributed by atoms with Gasteiger partial charge in [-0.1, -0.05) is 54.6 Å². The highest BCUT2D eigenvalue weighted by molar-refractivity contribution is 5.85. The molecule has 0 aliphatic carbocycles. The zero-order chi connectivity index (χ0) is 12.1. The Balaban J connectivity index is 0.00000162. The SMILES string of the molecule is Cl.NCC[C@H](N)c1ccc(-c2ccccc2)cc1. The first kappa shape index (κ1) is 14.7. The van der Waals surface area contributed by atoms with Gasteiger partial charge in [0.15, 0.2) is 0 Å². The minimum absolute atomic E-state index is 0. The van der Waals surface area contributed by atoms with Gasteiger partial charge in [0.05, 0.1) is 0 Å². The molecule has 3 heteroatoms. The average molecular weight is 263 g/mol. The summed E-state index contributed by atoms with van der Waals surface area (Å²) in [6, 6.07) is 18.8. The maximum Gasteiger partial charge on any atom is 0.0306 e. The Morgan fingerprint density at radius 1 is 0.833 bits per heavy atom. The predicted octanol–water partition coefficient (Wildman–Crippen LogP) is 3.12. The van der Waals surface area contributed by atoms with Gasteiger partial charge in [-0.25, -0.2) is 0 Å². The van der Waals surface area contributed by atoms with E-state index < -0.39 is 0 Å². The van der Waals surface area contributed by atoms with Gasteiger partial charge < -0.3 is 11.5 Å². The van der Waals surface area contributed by atoms with Crippen LogP contribution in [0.5, 0.6) is 0 Å². The number of nitrogens with two attached hydrogens (primary N) is 2. The third-order valence-corrected chi connectivity index (χ3v) is 2.92. The van der Waals surface area contributed by atoms with Crippen molar-refractivity contribution in [3.05, 3.63) is 60.2 Å². The highest BCUT2D eigenvalue weighted by Crippen LogP contribution is 2.21. The van der Waals surface area contributed by atoms with E-state index in [1.807, 2.05) is 18.2 Å². The molecule has 0 aliphatic heterocycles. The second-order valence-electron chi connectivity index (χ2n) is 4.17. The van der Waals surface area contributed by atoms with Crippen LogP contribution in [0.25, 0.3) is 11.1 Å². The summed E-state index contributed by atoms with van der Waals surface area (Å²) in [5, 5.41) is 0. The van der Waals surface area contributed by atoms with Crippen LogP contribution in [0.4, 0.5) is 0 Å². The number of hydrogen-bond donors (Lipinski definition) is 2. The van der Waals surface area contributed by atoms with Crippen LogP contribution in [0.15, 0.2) is 54.6 Å². The van der Waals surface area contributed by atoms with Crippen molar-refractivity contribution in [2.24, 2.45) is 11.5 Å². The molecule has 0 saturated heterocycles. The zero-order valence-electron chi connectivity index (χ0n) is 10.3. The van der Waals surface area contributed by atoms with Crippen molar-refractivity contribution < 1.29 is 0 Å². The van der Waals surface area contributed by atoms with Gasteiger partial charge in [0.2, 0.25) is 0 Å². The van der Waals surface area contributed by atoms with E-state index in [0.717, 1.165) is 12.0 Å². The van der Waals surface area contributed by atoms with E-state index in [0.29, 0.717) is 6.54 Å². The summed E-state index contributed by atoms with van der Waals surface area (Å²) in [4.78, 5) is 0. The van der Waals surface area contributed by atoms with Gasteiger partial charge in [0.25, 0.3) is 0 Å². The van der Waals surface area contributed by atoms with Crippen molar-refractivity contribution in [3.63, 3.8) is 0 Å². The van der Waals surface area contributed by atoms with E-state index in [9.17, 15) is 0 Å². The van der Waals surface area contributed by atoms with Crippen molar-refractivity contribution in [1.29, 1.82) is 0 Å². The average Bonchev–Trinajstić information content (AvgIpc) is 2.40. The molecule has 2 nitrogen and oxygen atoms in total. The van der Waals surface area contributed by atoms with Crippen LogP contribution in [0.1, 0.15) is 18.0 Å². The fourth-order valence-corrected chi connectivity index (χ4v) is 1.90.